The number of hydrogen-bond donors (Lipinski definition) is 0. The predicted octanol–water partition coefficient (Wildman–Crippen LogP) is 4.52. The van der Waals surface area contributed by atoms with E-state index in [1.54, 1.807) is 0 Å². The molecule has 19 heavy (non-hydrogen) atoms. The average molecular weight is 292 g/mol. The average Bonchev–Trinajstić information content (AvgIpc) is 2.77. The second-order valence-corrected chi connectivity index (χ2v) is 4.72. The van der Waals surface area contributed by atoms with Crippen molar-refractivity contribution >= 4 is 17.6 Å². The lowest BCUT2D eigenvalue weighted by Crippen LogP contribution is -2.00. The minimum atomic E-state index is -4.50. The third-order valence-corrected chi connectivity index (χ3v) is 3.55. The van der Waals surface area contributed by atoms with Crippen LogP contribution in [0.25, 0.3) is 10.4 Å². The molecule has 0 N–H and O–H groups in total. The second kappa shape index (κ2) is 4.73. The molecule has 1 nitrogen and oxygen atoms in total. The zero-order chi connectivity index (χ0) is 14.2. The zero-order valence-electron chi connectivity index (χ0n) is 9.09. The van der Waals surface area contributed by atoms with Gasteiger partial charge in [0, 0.05) is 4.88 Å². The van der Waals surface area contributed by atoms with Crippen LogP contribution in [0.3, 0.4) is 0 Å². The molecule has 1 aromatic heterocycles. The van der Waals surface area contributed by atoms with Crippen molar-refractivity contribution in [2.75, 3.05) is 0 Å². The van der Waals surface area contributed by atoms with Gasteiger partial charge >= 0.3 is 6.18 Å². The van der Waals surface area contributed by atoms with Gasteiger partial charge in [0.25, 0.3) is 0 Å². The molecule has 2 aromatic rings. The third-order valence-electron chi connectivity index (χ3n) is 2.37. The van der Waals surface area contributed by atoms with E-state index in [1.165, 1.54) is 0 Å². The van der Waals surface area contributed by atoms with Crippen molar-refractivity contribution in [3.05, 3.63) is 46.3 Å². The molecule has 1 heterocycles. The Kier molecular flexibility index (Phi) is 3.40. The summed E-state index contributed by atoms with van der Waals surface area (Å²) in [5.41, 5.74) is -0.780. The van der Waals surface area contributed by atoms with Crippen molar-refractivity contribution in [3.63, 3.8) is 0 Å². The van der Waals surface area contributed by atoms with Gasteiger partial charge in [0.2, 0.25) is 0 Å². The summed E-state index contributed by atoms with van der Waals surface area (Å²) in [6.45, 7) is 0. The van der Waals surface area contributed by atoms with E-state index < -0.39 is 28.3 Å². The Morgan fingerprint density at radius 2 is 1.63 bits per heavy atom. The summed E-state index contributed by atoms with van der Waals surface area (Å²) in [7, 11) is 0. The number of rotatable bonds is 2. The van der Waals surface area contributed by atoms with Gasteiger partial charge in [-0.15, -0.1) is 11.3 Å². The fourth-order valence-electron chi connectivity index (χ4n) is 1.48. The van der Waals surface area contributed by atoms with Crippen LogP contribution in [-0.2, 0) is 6.18 Å². The molecule has 0 aliphatic rings. The predicted molar refractivity (Wildman–Crippen MR) is 60.1 cm³/mol. The highest BCUT2D eigenvalue weighted by Gasteiger charge is 2.32. The largest absolute Gasteiger partial charge is 0.425 e. The minimum absolute atomic E-state index is 0.0179. The summed E-state index contributed by atoms with van der Waals surface area (Å²) in [5, 5.41) is 0. The Labute approximate surface area is 108 Å². The van der Waals surface area contributed by atoms with Gasteiger partial charge in [-0.1, -0.05) is 0 Å². The van der Waals surface area contributed by atoms with Crippen LogP contribution >= 0.6 is 11.3 Å². The SMILES string of the molecule is O=Cc1c(F)cc(-c2ccc(C(F)(F)F)s2)cc1F. The standard InChI is InChI=1S/C12H5F5OS/c13-8-3-6(4-9(14)7(8)5-18)10-1-2-11(19-10)12(15,16)17/h1-5H. The molecule has 0 spiro atoms. The Balaban J connectivity index is 2.48. The molecule has 0 amide bonds. The van der Waals surface area contributed by atoms with Crippen molar-refractivity contribution in [2.24, 2.45) is 0 Å². The number of hydrogen-bond acceptors (Lipinski definition) is 2. The number of thiophene rings is 1. The molecule has 0 atom stereocenters. The lowest BCUT2D eigenvalue weighted by Gasteiger charge is -2.03. The third kappa shape index (κ3) is 2.65. The molecule has 0 bridgehead atoms. The summed E-state index contributed by atoms with van der Waals surface area (Å²) in [4.78, 5) is 9.62. The topological polar surface area (TPSA) is 17.1 Å². The molecule has 0 saturated heterocycles. The number of halogens is 5. The molecule has 0 saturated carbocycles. The summed E-state index contributed by atoms with van der Waals surface area (Å²) < 4.78 is 63.9. The fraction of sp³-hybridized carbons (Fsp3) is 0.0833. The van der Waals surface area contributed by atoms with E-state index in [2.05, 4.69) is 0 Å². The van der Waals surface area contributed by atoms with Crippen molar-refractivity contribution < 1.29 is 26.7 Å². The van der Waals surface area contributed by atoms with Gasteiger partial charge in [0.1, 0.15) is 16.5 Å². The van der Waals surface area contributed by atoms with E-state index in [1.807, 2.05) is 0 Å². The van der Waals surface area contributed by atoms with E-state index in [4.69, 9.17) is 0 Å². The summed E-state index contributed by atoms with van der Waals surface area (Å²) in [6.07, 6.45) is -4.48. The van der Waals surface area contributed by atoms with Crippen molar-refractivity contribution in [3.8, 4) is 10.4 Å². The number of alkyl halides is 3. The molecule has 100 valence electrons. The van der Waals surface area contributed by atoms with Crippen LogP contribution in [0, 0.1) is 11.6 Å². The first-order valence-electron chi connectivity index (χ1n) is 4.94. The van der Waals surface area contributed by atoms with Gasteiger partial charge in [0.15, 0.2) is 6.29 Å². The van der Waals surface area contributed by atoms with Crippen LogP contribution < -0.4 is 0 Å². The maximum absolute atomic E-state index is 13.3. The highest BCUT2D eigenvalue weighted by Crippen LogP contribution is 2.38. The first-order valence-corrected chi connectivity index (χ1v) is 5.76. The molecule has 0 aliphatic carbocycles. The zero-order valence-corrected chi connectivity index (χ0v) is 9.91. The lowest BCUT2D eigenvalue weighted by atomic mass is 10.1. The summed E-state index contributed by atoms with van der Waals surface area (Å²) in [5.74, 6) is -2.21. The minimum Gasteiger partial charge on any atom is -0.298 e. The van der Waals surface area contributed by atoms with E-state index in [9.17, 15) is 26.7 Å². The molecular weight excluding hydrogens is 287 g/mol. The van der Waals surface area contributed by atoms with E-state index in [0.717, 1.165) is 24.3 Å². The van der Waals surface area contributed by atoms with Crippen LogP contribution in [0.15, 0.2) is 24.3 Å². The van der Waals surface area contributed by atoms with Crippen molar-refractivity contribution in [1.29, 1.82) is 0 Å². The number of carbonyl (C=O) groups excluding carboxylic acids is 1. The Morgan fingerprint density at radius 1 is 1.05 bits per heavy atom. The maximum Gasteiger partial charge on any atom is 0.425 e. The number of carbonyl (C=O) groups is 1. The van der Waals surface area contributed by atoms with E-state index in [-0.39, 0.29) is 16.7 Å². The lowest BCUT2D eigenvalue weighted by molar-refractivity contribution is -0.134. The molecule has 1 aromatic carbocycles. The van der Waals surface area contributed by atoms with E-state index in [0.29, 0.717) is 11.3 Å². The smallest absolute Gasteiger partial charge is 0.298 e. The van der Waals surface area contributed by atoms with Crippen molar-refractivity contribution in [2.45, 2.75) is 6.18 Å². The Bertz CT molecular complexity index is 606. The second-order valence-electron chi connectivity index (χ2n) is 3.63. The Hall–Kier alpha value is -1.76. The summed E-state index contributed by atoms with van der Waals surface area (Å²) in [6, 6.07) is 3.63. The van der Waals surface area contributed by atoms with Crippen LogP contribution in [0.1, 0.15) is 15.2 Å². The molecule has 0 fully saturated rings. The van der Waals surface area contributed by atoms with Gasteiger partial charge < -0.3 is 0 Å². The molecule has 0 radical (unpaired) electrons. The van der Waals surface area contributed by atoms with Gasteiger partial charge in [-0.25, -0.2) is 8.78 Å². The molecule has 0 unspecified atom stereocenters. The van der Waals surface area contributed by atoms with Crippen LogP contribution in [0.2, 0.25) is 0 Å². The normalized spacial score (nSPS) is 11.6. The Morgan fingerprint density at radius 3 is 2.05 bits per heavy atom. The van der Waals surface area contributed by atoms with Crippen LogP contribution in [-0.4, -0.2) is 6.29 Å². The maximum atomic E-state index is 13.3. The highest BCUT2D eigenvalue weighted by atomic mass is 32.1. The number of benzene rings is 1. The monoisotopic (exact) mass is 292 g/mol. The summed E-state index contributed by atoms with van der Waals surface area (Å²) >= 11 is 0.377. The van der Waals surface area contributed by atoms with Gasteiger partial charge in [-0.2, -0.15) is 13.2 Å². The van der Waals surface area contributed by atoms with Gasteiger partial charge in [-0.05, 0) is 29.8 Å². The van der Waals surface area contributed by atoms with Crippen LogP contribution in [0.4, 0.5) is 22.0 Å². The van der Waals surface area contributed by atoms with Gasteiger partial charge in [0.05, 0.1) is 5.56 Å². The van der Waals surface area contributed by atoms with Crippen LogP contribution in [0.5, 0.6) is 0 Å². The first-order chi connectivity index (χ1) is 8.82. The quantitative estimate of drug-likeness (QED) is 0.587. The highest BCUT2D eigenvalue weighted by molar-refractivity contribution is 7.15. The molecular formula is C12H5F5OS. The fourth-order valence-corrected chi connectivity index (χ4v) is 2.35. The number of aldehydes is 1. The first kappa shape index (κ1) is 13.7. The molecule has 7 heteroatoms. The van der Waals surface area contributed by atoms with Gasteiger partial charge in [-0.3, -0.25) is 4.79 Å². The van der Waals surface area contributed by atoms with E-state index >= 15 is 0 Å². The molecule has 2 rings (SSSR count). The van der Waals surface area contributed by atoms with Crippen molar-refractivity contribution in [1.82, 2.24) is 0 Å². The molecule has 0 aliphatic heterocycles.